The van der Waals surface area contributed by atoms with Crippen molar-refractivity contribution in [3.63, 3.8) is 0 Å². The third kappa shape index (κ3) is 4.00. The summed E-state index contributed by atoms with van der Waals surface area (Å²) >= 11 is 0. The minimum atomic E-state index is -1.16. The number of aryl methyl sites for hydroxylation is 1. The molecule has 1 atom stereocenters. The molecule has 6 nitrogen and oxygen atoms in total. The molecule has 0 bridgehead atoms. The highest BCUT2D eigenvalue weighted by Crippen LogP contribution is 2.24. The number of nitrogens with one attached hydrogen (secondary N) is 2. The number of imide groups is 1. The number of anilines is 1. The van der Waals surface area contributed by atoms with Gasteiger partial charge in [0.05, 0.1) is 0 Å². The molecule has 0 aliphatic carbocycles. The summed E-state index contributed by atoms with van der Waals surface area (Å²) in [4.78, 5) is 37.8. The van der Waals surface area contributed by atoms with Crippen molar-refractivity contribution in [3.05, 3.63) is 65.7 Å². The summed E-state index contributed by atoms with van der Waals surface area (Å²) in [6.45, 7) is 0.948. The molecule has 0 saturated carbocycles. The van der Waals surface area contributed by atoms with Gasteiger partial charge in [0.25, 0.3) is 5.91 Å². The van der Waals surface area contributed by atoms with Gasteiger partial charge >= 0.3 is 6.03 Å². The van der Waals surface area contributed by atoms with Gasteiger partial charge in [-0.1, -0.05) is 36.4 Å². The average molecular weight is 387 g/mol. The third-order valence-corrected chi connectivity index (χ3v) is 4.63. The minimum Gasteiger partial charge on any atom is -0.323 e. The monoisotopic (exact) mass is 387 g/mol. The first kappa shape index (κ1) is 19.5. The van der Waals surface area contributed by atoms with Crippen molar-refractivity contribution in [1.82, 2.24) is 10.2 Å². The van der Waals surface area contributed by atoms with Crippen LogP contribution >= 0.6 is 0 Å². The fraction of sp³-hybridized carbons (Fsp3) is 0.250. The molecule has 0 spiro atoms. The van der Waals surface area contributed by atoms with Crippen LogP contribution in [0.1, 0.15) is 18.9 Å². The Morgan fingerprint density at radius 2 is 1.71 bits per heavy atom. The Kier molecular flexibility index (Phi) is 5.39. The van der Waals surface area contributed by atoms with Crippen LogP contribution in [0.3, 0.4) is 0 Å². The second-order valence-electron chi connectivity index (χ2n) is 6.78. The maximum Gasteiger partial charge on any atom is 0.325 e. The standard InChI is InChI=1S/C20H19F2N3O3/c1-20(11-10-13-6-3-2-4-7-13)18(27)25(19(28)24-20)12-16(26)23-17-14(21)8-5-9-15(17)22/h2-9H,10-12H2,1H3,(H,23,26)(H,24,28)/t20-/m0/s1. The molecule has 0 radical (unpaired) electrons. The fourth-order valence-electron chi connectivity index (χ4n) is 3.04. The van der Waals surface area contributed by atoms with Crippen LogP contribution in [0.2, 0.25) is 0 Å². The van der Waals surface area contributed by atoms with Gasteiger partial charge in [-0.3, -0.25) is 14.5 Å². The van der Waals surface area contributed by atoms with E-state index in [-0.39, 0.29) is 0 Å². The van der Waals surface area contributed by atoms with Gasteiger partial charge in [0, 0.05) is 0 Å². The van der Waals surface area contributed by atoms with Gasteiger partial charge in [0.1, 0.15) is 29.4 Å². The van der Waals surface area contributed by atoms with Crippen LogP contribution in [-0.4, -0.2) is 34.8 Å². The molecule has 1 fully saturated rings. The number of carbonyl (C=O) groups is 3. The molecule has 0 aromatic heterocycles. The molecule has 4 amide bonds. The lowest BCUT2D eigenvalue weighted by atomic mass is 9.93. The minimum absolute atomic E-state index is 0.349. The second-order valence-corrected chi connectivity index (χ2v) is 6.78. The Morgan fingerprint density at radius 3 is 2.36 bits per heavy atom. The molecule has 1 saturated heterocycles. The lowest BCUT2D eigenvalue weighted by Crippen LogP contribution is -2.45. The van der Waals surface area contributed by atoms with Crippen LogP contribution in [0.4, 0.5) is 19.3 Å². The van der Waals surface area contributed by atoms with Gasteiger partial charge in [-0.05, 0) is 37.5 Å². The van der Waals surface area contributed by atoms with E-state index in [1.54, 1.807) is 6.92 Å². The first-order valence-corrected chi connectivity index (χ1v) is 8.72. The van der Waals surface area contributed by atoms with E-state index in [9.17, 15) is 23.2 Å². The van der Waals surface area contributed by atoms with Crippen LogP contribution in [0.15, 0.2) is 48.5 Å². The van der Waals surface area contributed by atoms with Gasteiger partial charge in [-0.15, -0.1) is 0 Å². The number of hydrogen-bond donors (Lipinski definition) is 2. The molecule has 1 aliphatic rings. The van der Waals surface area contributed by atoms with E-state index in [0.717, 1.165) is 28.7 Å². The molecule has 3 rings (SSSR count). The Balaban J connectivity index is 1.65. The fourth-order valence-corrected chi connectivity index (χ4v) is 3.04. The van der Waals surface area contributed by atoms with Crippen molar-refractivity contribution in [3.8, 4) is 0 Å². The zero-order valence-corrected chi connectivity index (χ0v) is 15.2. The van der Waals surface area contributed by atoms with Crippen molar-refractivity contribution in [2.75, 3.05) is 11.9 Å². The first-order valence-electron chi connectivity index (χ1n) is 8.72. The molecule has 2 aromatic rings. The van der Waals surface area contributed by atoms with Crippen LogP contribution in [-0.2, 0) is 16.0 Å². The van der Waals surface area contributed by atoms with E-state index < -0.39 is 47.3 Å². The average Bonchev–Trinajstić information content (AvgIpc) is 2.88. The molecular formula is C20H19F2N3O3. The normalized spacial score (nSPS) is 18.9. The smallest absolute Gasteiger partial charge is 0.323 e. The Labute approximate surface area is 160 Å². The van der Waals surface area contributed by atoms with Crippen LogP contribution < -0.4 is 10.6 Å². The van der Waals surface area contributed by atoms with Gasteiger partial charge < -0.3 is 10.6 Å². The van der Waals surface area contributed by atoms with E-state index in [4.69, 9.17) is 0 Å². The van der Waals surface area contributed by atoms with Gasteiger partial charge in [0.15, 0.2) is 0 Å². The van der Waals surface area contributed by atoms with Crippen molar-refractivity contribution in [2.45, 2.75) is 25.3 Å². The van der Waals surface area contributed by atoms with E-state index in [2.05, 4.69) is 10.6 Å². The topological polar surface area (TPSA) is 78.5 Å². The number of amides is 4. The largest absolute Gasteiger partial charge is 0.325 e. The van der Waals surface area contributed by atoms with E-state index >= 15 is 0 Å². The van der Waals surface area contributed by atoms with Crippen LogP contribution in [0, 0.1) is 11.6 Å². The van der Waals surface area contributed by atoms with Gasteiger partial charge in [0.2, 0.25) is 5.91 Å². The summed E-state index contributed by atoms with van der Waals surface area (Å²) in [5, 5.41) is 4.67. The number of carbonyl (C=O) groups excluding carboxylic acids is 3. The molecular weight excluding hydrogens is 368 g/mol. The predicted octanol–water partition coefficient (Wildman–Crippen LogP) is 2.85. The summed E-state index contributed by atoms with van der Waals surface area (Å²) in [6.07, 6.45) is 0.908. The zero-order valence-electron chi connectivity index (χ0n) is 15.2. The maximum atomic E-state index is 13.6. The van der Waals surface area contributed by atoms with Crippen LogP contribution in [0.5, 0.6) is 0 Å². The number of benzene rings is 2. The second kappa shape index (κ2) is 7.75. The van der Waals surface area contributed by atoms with E-state index in [0.29, 0.717) is 12.8 Å². The van der Waals surface area contributed by atoms with Gasteiger partial charge in [-0.2, -0.15) is 0 Å². The quantitative estimate of drug-likeness (QED) is 0.748. The summed E-state index contributed by atoms with van der Waals surface area (Å²) < 4.78 is 27.3. The van der Waals surface area contributed by atoms with Crippen molar-refractivity contribution in [2.24, 2.45) is 0 Å². The molecule has 1 heterocycles. The Hall–Kier alpha value is -3.29. The van der Waals surface area contributed by atoms with E-state index in [1.807, 2.05) is 30.3 Å². The molecule has 0 unspecified atom stereocenters. The SMILES string of the molecule is C[C@@]1(CCc2ccccc2)NC(=O)N(CC(=O)Nc2c(F)cccc2F)C1=O. The summed E-state index contributed by atoms with van der Waals surface area (Å²) in [6, 6.07) is 11.9. The highest BCUT2D eigenvalue weighted by molar-refractivity contribution is 6.09. The lowest BCUT2D eigenvalue weighted by Gasteiger charge is -2.21. The highest BCUT2D eigenvalue weighted by atomic mass is 19.1. The first-order chi connectivity index (χ1) is 13.3. The van der Waals surface area contributed by atoms with Crippen LogP contribution in [0.25, 0.3) is 0 Å². The van der Waals surface area contributed by atoms with Crippen molar-refractivity contribution in [1.29, 1.82) is 0 Å². The van der Waals surface area contributed by atoms with Gasteiger partial charge in [-0.25, -0.2) is 13.6 Å². The predicted molar refractivity (Wildman–Crippen MR) is 98.4 cm³/mol. The number of para-hydroxylation sites is 1. The highest BCUT2D eigenvalue weighted by Gasteiger charge is 2.47. The summed E-state index contributed by atoms with van der Waals surface area (Å²) in [5.41, 5.74) is -0.764. The van der Waals surface area contributed by atoms with E-state index in [1.165, 1.54) is 0 Å². The molecule has 28 heavy (non-hydrogen) atoms. The number of rotatable bonds is 6. The molecule has 2 N–H and O–H groups in total. The summed E-state index contributed by atoms with van der Waals surface area (Å²) in [7, 11) is 0. The molecule has 8 heteroatoms. The van der Waals surface area contributed by atoms with Crippen molar-refractivity contribution >= 4 is 23.5 Å². The molecule has 146 valence electrons. The van der Waals surface area contributed by atoms with Crippen molar-refractivity contribution < 1.29 is 23.2 Å². The maximum absolute atomic E-state index is 13.6. The Morgan fingerprint density at radius 1 is 1.07 bits per heavy atom. The third-order valence-electron chi connectivity index (χ3n) is 4.63. The lowest BCUT2D eigenvalue weighted by molar-refractivity contribution is -0.133. The zero-order chi connectivity index (χ0) is 20.3. The number of hydrogen-bond acceptors (Lipinski definition) is 3. The number of nitrogens with zero attached hydrogens (tertiary/aromatic N) is 1. The Bertz CT molecular complexity index is 900. The number of urea groups is 1. The molecule has 1 aliphatic heterocycles. The summed E-state index contributed by atoms with van der Waals surface area (Å²) in [5.74, 6) is -3.33. The number of halogens is 2. The molecule has 2 aromatic carbocycles.